The van der Waals surface area contributed by atoms with Gasteiger partial charge in [-0.25, -0.2) is 4.39 Å². The fourth-order valence-electron chi connectivity index (χ4n) is 4.59. The third kappa shape index (κ3) is 4.52. The average molecular weight is 473 g/mol. The van der Waals surface area contributed by atoms with Crippen LogP contribution in [0.25, 0.3) is 0 Å². The smallest absolute Gasteiger partial charge is 0.266 e. The van der Waals surface area contributed by atoms with Crippen LogP contribution < -0.4 is 9.80 Å². The van der Waals surface area contributed by atoms with Gasteiger partial charge in [0.1, 0.15) is 5.82 Å². The largest absolute Gasteiger partial charge is 0.373 e. The van der Waals surface area contributed by atoms with Gasteiger partial charge in [-0.2, -0.15) is 0 Å². The summed E-state index contributed by atoms with van der Waals surface area (Å²) in [7, 11) is 0. The second-order valence-electron chi connectivity index (χ2n) is 8.63. The van der Waals surface area contributed by atoms with E-state index < -0.39 is 23.1 Å². The highest BCUT2D eigenvalue weighted by Gasteiger charge is 2.51. The van der Waals surface area contributed by atoms with E-state index in [1.165, 1.54) is 17.0 Å². The van der Waals surface area contributed by atoms with E-state index in [0.717, 1.165) is 17.7 Å². The Kier molecular flexibility index (Phi) is 6.54. The summed E-state index contributed by atoms with van der Waals surface area (Å²) in [5, 5.41) is 11.1. The van der Waals surface area contributed by atoms with E-state index in [-0.39, 0.29) is 36.7 Å². The molecule has 33 heavy (non-hydrogen) atoms. The van der Waals surface area contributed by atoms with Gasteiger partial charge >= 0.3 is 0 Å². The van der Waals surface area contributed by atoms with Crippen molar-refractivity contribution in [2.24, 2.45) is 0 Å². The predicted molar refractivity (Wildman–Crippen MR) is 124 cm³/mol. The molecule has 0 saturated carbocycles. The molecule has 0 radical (unpaired) electrons. The van der Waals surface area contributed by atoms with Crippen LogP contribution in [0.1, 0.15) is 43.7 Å². The molecule has 1 N–H and O–H groups in total. The first-order valence-corrected chi connectivity index (χ1v) is 11.6. The SMILES string of the molecule is CCCC(=O)N1CCc2cc(N3CC[C@@](O)(C(=O)CCc4cc(F)cc(Cl)c4)C3=O)ccc21. The van der Waals surface area contributed by atoms with E-state index >= 15 is 0 Å². The molecule has 2 aromatic carbocycles. The van der Waals surface area contributed by atoms with Crippen LogP contribution in [0.3, 0.4) is 0 Å². The molecule has 0 spiro atoms. The number of hydrogen-bond donors (Lipinski definition) is 1. The van der Waals surface area contributed by atoms with Crippen molar-refractivity contribution in [3.63, 3.8) is 0 Å². The van der Waals surface area contributed by atoms with Gasteiger partial charge in [0.2, 0.25) is 11.5 Å². The number of ketones is 1. The molecule has 2 aromatic rings. The topological polar surface area (TPSA) is 77.9 Å². The van der Waals surface area contributed by atoms with Gasteiger partial charge in [-0.15, -0.1) is 0 Å². The Morgan fingerprint density at radius 2 is 1.94 bits per heavy atom. The van der Waals surface area contributed by atoms with Gasteiger partial charge in [-0.1, -0.05) is 18.5 Å². The molecule has 2 aliphatic rings. The summed E-state index contributed by atoms with van der Waals surface area (Å²) in [4.78, 5) is 41.4. The Labute approximate surface area is 196 Å². The molecule has 6 nitrogen and oxygen atoms in total. The summed E-state index contributed by atoms with van der Waals surface area (Å²) in [5.74, 6) is -1.66. The normalized spacial score (nSPS) is 19.8. The Morgan fingerprint density at radius 1 is 1.15 bits per heavy atom. The fourth-order valence-corrected chi connectivity index (χ4v) is 4.84. The highest BCUT2D eigenvalue weighted by molar-refractivity contribution is 6.30. The first-order chi connectivity index (χ1) is 15.7. The van der Waals surface area contributed by atoms with Crippen LogP contribution in [0, 0.1) is 5.82 Å². The second kappa shape index (κ2) is 9.23. The molecule has 174 valence electrons. The molecule has 2 heterocycles. The number of benzene rings is 2. The van der Waals surface area contributed by atoms with Crippen LogP contribution in [0.2, 0.25) is 5.02 Å². The van der Waals surface area contributed by atoms with Gasteiger partial charge in [0.05, 0.1) is 0 Å². The van der Waals surface area contributed by atoms with Crippen LogP contribution in [0.15, 0.2) is 36.4 Å². The minimum Gasteiger partial charge on any atom is -0.373 e. The molecule has 1 saturated heterocycles. The third-order valence-corrected chi connectivity index (χ3v) is 6.57. The number of fused-ring (bicyclic) bond motifs is 1. The predicted octanol–water partition coefficient (Wildman–Crippen LogP) is 3.84. The minimum absolute atomic E-state index is 0.00717. The number of anilines is 2. The van der Waals surface area contributed by atoms with E-state index in [9.17, 15) is 23.9 Å². The zero-order valence-electron chi connectivity index (χ0n) is 18.4. The molecule has 1 fully saturated rings. The Morgan fingerprint density at radius 3 is 2.67 bits per heavy atom. The van der Waals surface area contributed by atoms with Crippen LogP contribution in [0.5, 0.6) is 0 Å². The lowest BCUT2D eigenvalue weighted by Gasteiger charge is -2.22. The van der Waals surface area contributed by atoms with Crippen molar-refractivity contribution in [2.45, 2.75) is 51.0 Å². The maximum atomic E-state index is 13.5. The van der Waals surface area contributed by atoms with E-state index in [1.807, 2.05) is 19.1 Å². The first kappa shape index (κ1) is 23.4. The van der Waals surface area contributed by atoms with E-state index in [4.69, 9.17) is 11.6 Å². The number of nitrogens with zero attached hydrogens (tertiary/aromatic N) is 2. The number of carbonyl (C=O) groups excluding carboxylic acids is 3. The monoisotopic (exact) mass is 472 g/mol. The van der Waals surface area contributed by atoms with Crippen LogP contribution in [0.4, 0.5) is 15.8 Å². The maximum Gasteiger partial charge on any atom is 0.266 e. The summed E-state index contributed by atoms with van der Waals surface area (Å²) < 4.78 is 13.5. The lowest BCUT2D eigenvalue weighted by atomic mass is 9.92. The quantitative estimate of drug-likeness (QED) is 0.621. The van der Waals surface area contributed by atoms with E-state index in [0.29, 0.717) is 30.6 Å². The van der Waals surface area contributed by atoms with Gasteiger partial charge in [-0.3, -0.25) is 14.4 Å². The van der Waals surface area contributed by atoms with Crippen molar-refractivity contribution in [2.75, 3.05) is 22.9 Å². The van der Waals surface area contributed by atoms with Gasteiger partial charge in [0.15, 0.2) is 5.78 Å². The van der Waals surface area contributed by atoms with Crippen molar-refractivity contribution in [3.05, 3.63) is 58.4 Å². The summed E-state index contributed by atoms with van der Waals surface area (Å²) in [6.07, 6.45) is 2.03. The zero-order chi connectivity index (χ0) is 23.8. The summed E-state index contributed by atoms with van der Waals surface area (Å²) >= 11 is 5.86. The fraction of sp³-hybridized carbons (Fsp3) is 0.400. The van der Waals surface area contributed by atoms with Gasteiger partial charge < -0.3 is 14.9 Å². The molecule has 0 bridgehead atoms. The molecule has 2 amide bonds. The number of amides is 2. The maximum absolute atomic E-state index is 13.5. The highest BCUT2D eigenvalue weighted by Crippen LogP contribution is 2.36. The number of carbonyl (C=O) groups is 3. The van der Waals surface area contributed by atoms with Crippen molar-refractivity contribution in [3.8, 4) is 0 Å². The number of rotatable bonds is 7. The van der Waals surface area contributed by atoms with Crippen molar-refractivity contribution < 1.29 is 23.9 Å². The molecular weight excluding hydrogens is 447 g/mol. The molecule has 1 atom stereocenters. The first-order valence-electron chi connectivity index (χ1n) is 11.2. The standard InChI is InChI=1S/C25H26ClFN2O4/c1-2-3-23(31)29-10-8-17-14-20(5-6-21(17)29)28-11-9-25(33,24(28)32)22(30)7-4-16-12-18(26)15-19(27)13-16/h5-6,12-15,33H,2-4,7-11H2,1H3/t25-/m1/s1. The van der Waals surface area contributed by atoms with Gasteiger partial charge in [0, 0.05) is 48.7 Å². The number of aryl methyl sites for hydroxylation is 1. The molecule has 0 aliphatic carbocycles. The average Bonchev–Trinajstić information content (AvgIpc) is 3.33. The Bertz CT molecular complexity index is 1100. The van der Waals surface area contributed by atoms with Crippen LogP contribution in [-0.2, 0) is 27.2 Å². The number of aliphatic hydroxyl groups is 1. The van der Waals surface area contributed by atoms with E-state index in [1.54, 1.807) is 17.0 Å². The molecule has 2 aliphatic heterocycles. The van der Waals surface area contributed by atoms with Crippen LogP contribution >= 0.6 is 11.6 Å². The van der Waals surface area contributed by atoms with E-state index in [2.05, 4.69) is 0 Å². The minimum atomic E-state index is -2.10. The molecule has 8 heteroatoms. The second-order valence-corrected chi connectivity index (χ2v) is 9.06. The lowest BCUT2D eigenvalue weighted by molar-refractivity contribution is -0.147. The molecule has 4 rings (SSSR count). The van der Waals surface area contributed by atoms with Gasteiger partial charge in [-0.05, 0) is 66.8 Å². The van der Waals surface area contributed by atoms with Crippen LogP contribution in [-0.4, -0.2) is 41.4 Å². The lowest BCUT2D eigenvalue weighted by Crippen LogP contribution is -2.47. The molecule has 0 unspecified atom stereocenters. The number of halogens is 2. The van der Waals surface area contributed by atoms with Gasteiger partial charge in [0.25, 0.3) is 5.91 Å². The number of hydrogen-bond acceptors (Lipinski definition) is 4. The molecular formula is C25H26ClFN2O4. The Hall–Kier alpha value is -2.77. The summed E-state index contributed by atoms with van der Waals surface area (Å²) in [5.41, 5.74) is 0.849. The van der Waals surface area contributed by atoms with Crippen molar-refractivity contribution in [1.82, 2.24) is 0 Å². The highest BCUT2D eigenvalue weighted by atomic mass is 35.5. The van der Waals surface area contributed by atoms with Crippen molar-refractivity contribution >= 4 is 40.6 Å². The Balaban J connectivity index is 1.46. The summed E-state index contributed by atoms with van der Waals surface area (Å²) in [6, 6.07) is 9.45. The number of Topliss-reactive ketones (excluding diaryl/α,β-unsaturated/α-hetero) is 1. The third-order valence-electron chi connectivity index (χ3n) is 6.36. The zero-order valence-corrected chi connectivity index (χ0v) is 19.2. The van der Waals surface area contributed by atoms with Crippen molar-refractivity contribution in [1.29, 1.82) is 0 Å². The summed E-state index contributed by atoms with van der Waals surface area (Å²) in [6.45, 7) is 2.79. The molecule has 0 aromatic heterocycles.